The Bertz CT molecular complexity index is 726. The quantitative estimate of drug-likeness (QED) is 0.465. The zero-order chi connectivity index (χ0) is 17.3. The van der Waals surface area contributed by atoms with Crippen LogP contribution in [0.25, 0.3) is 6.08 Å². The molecule has 0 saturated heterocycles. The van der Waals surface area contributed by atoms with Gasteiger partial charge < -0.3 is 0 Å². The molecular formula is C25H26. The lowest BCUT2D eigenvalue weighted by atomic mass is 9.89. The number of allylic oxidation sites excluding steroid dienone is 1. The molecular weight excluding hydrogens is 300 g/mol. The van der Waals surface area contributed by atoms with Gasteiger partial charge >= 0.3 is 0 Å². The molecule has 0 nitrogen and oxygen atoms in total. The summed E-state index contributed by atoms with van der Waals surface area (Å²) in [7, 11) is 0. The predicted molar refractivity (Wildman–Crippen MR) is 109 cm³/mol. The van der Waals surface area contributed by atoms with Crippen LogP contribution < -0.4 is 0 Å². The monoisotopic (exact) mass is 326 g/mol. The Morgan fingerprint density at radius 3 is 1.72 bits per heavy atom. The molecule has 0 heterocycles. The molecule has 0 atom stereocenters. The second-order valence-electron chi connectivity index (χ2n) is 6.79. The van der Waals surface area contributed by atoms with Crippen LogP contribution in [0.4, 0.5) is 0 Å². The molecule has 0 bridgehead atoms. The highest BCUT2D eigenvalue weighted by molar-refractivity contribution is 5.49. The maximum Gasteiger partial charge on any atom is -0.0244 e. The molecule has 0 amide bonds. The van der Waals surface area contributed by atoms with E-state index in [2.05, 4.69) is 104 Å². The Morgan fingerprint density at radius 1 is 0.680 bits per heavy atom. The summed E-state index contributed by atoms with van der Waals surface area (Å²) in [4.78, 5) is 0. The Kier molecular flexibility index (Phi) is 6.23. The minimum atomic E-state index is 0.617. The van der Waals surface area contributed by atoms with E-state index < -0.39 is 0 Å². The summed E-state index contributed by atoms with van der Waals surface area (Å²) in [5.41, 5.74) is 5.44. The summed E-state index contributed by atoms with van der Waals surface area (Å²) in [6.07, 6.45) is 7.92. The molecule has 0 aliphatic carbocycles. The van der Waals surface area contributed by atoms with E-state index in [1.54, 1.807) is 0 Å². The van der Waals surface area contributed by atoms with Crippen molar-refractivity contribution in [2.75, 3.05) is 0 Å². The van der Waals surface area contributed by atoms with Crippen LogP contribution in [-0.2, 0) is 12.8 Å². The minimum Gasteiger partial charge on any atom is -0.0836 e. The number of aryl methyl sites for hydroxylation is 1. The van der Waals surface area contributed by atoms with Crippen LogP contribution in [0.2, 0.25) is 0 Å². The number of hydrogen-bond donors (Lipinski definition) is 0. The average molecular weight is 326 g/mol. The Hall–Kier alpha value is -2.60. The van der Waals surface area contributed by atoms with Crippen molar-refractivity contribution in [3.63, 3.8) is 0 Å². The van der Waals surface area contributed by atoms with Crippen molar-refractivity contribution in [1.29, 1.82) is 0 Å². The van der Waals surface area contributed by atoms with Gasteiger partial charge in [0.15, 0.2) is 0 Å². The van der Waals surface area contributed by atoms with E-state index in [1.165, 1.54) is 22.3 Å². The lowest BCUT2D eigenvalue weighted by molar-refractivity contribution is 0.529. The van der Waals surface area contributed by atoms with E-state index in [4.69, 9.17) is 0 Å². The Morgan fingerprint density at radius 2 is 1.20 bits per heavy atom. The van der Waals surface area contributed by atoms with Crippen LogP contribution in [0.1, 0.15) is 28.7 Å². The predicted octanol–water partition coefficient (Wildman–Crippen LogP) is 6.50. The Balaban J connectivity index is 1.68. The molecule has 3 rings (SSSR count). The van der Waals surface area contributed by atoms with Gasteiger partial charge in [-0.25, -0.2) is 0 Å². The summed E-state index contributed by atoms with van der Waals surface area (Å²) in [6.45, 7) is 2.13. The van der Waals surface area contributed by atoms with E-state index >= 15 is 0 Å². The number of hydrogen-bond acceptors (Lipinski definition) is 0. The van der Waals surface area contributed by atoms with Crippen molar-refractivity contribution in [2.45, 2.75) is 26.2 Å². The first kappa shape index (κ1) is 17.2. The molecule has 0 N–H and O–H groups in total. The smallest absolute Gasteiger partial charge is 0.0244 e. The van der Waals surface area contributed by atoms with E-state index in [0.29, 0.717) is 5.92 Å². The van der Waals surface area contributed by atoms with Gasteiger partial charge in [-0.1, -0.05) is 103 Å². The normalized spacial score (nSPS) is 11.3. The van der Waals surface area contributed by atoms with Gasteiger partial charge in [-0.2, -0.15) is 0 Å². The van der Waals surface area contributed by atoms with Crippen LogP contribution in [-0.4, -0.2) is 0 Å². The van der Waals surface area contributed by atoms with Crippen molar-refractivity contribution in [3.8, 4) is 0 Å². The van der Waals surface area contributed by atoms with Crippen LogP contribution >= 0.6 is 0 Å². The van der Waals surface area contributed by atoms with Crippen molar-refractivity contribution in [1.82, 2.24) is 0 Å². The molecule has 0 aromatic heterocycles. The van der Waals surface area contributed by atoms with Gasteiger partial charge in [0, 0.05) is 0 Å². The maximum atomic E-state index is 2.33. The molecule has 3 aromatic rings. The molecule has 0 heteroatoms. The topological polar surface area (TPSA) is 0 Å². The van der Waals surface area contributed by atoms with E-state index in [9.17, 15) is 0 Å². The minimum absolute atomic E-state index is 0.617. The van der Waals surface area contributed by atoms with Gasteiger partial charge in [0.1, 0.15) is 0 Å². The zero-order valence-corrected chi connectivity index (χ0v) is 14.9. The van der Waals surface area contributed by atoms with E-state index in [1.807, 2.05) is 0 Å². The third kappa shape index (κ3) is 5.76. The second kappa shape index (κ2) is 9.03. The molecule has 126 valence electrons. The zero-order valence-electron chi connectivity index (χ0n) is 14.9. The van der Waals surface area contributed by atoms with Crippen LogP contribution in [0.3, 0.4) is 0 Å². The number of rotatable bonds is 7. The van der Waals surface area contributed by atoms with Crippen molar-refractivity contribution in [3.05, 3.63) is 113 Å². The SMILES string of the molecule is Cc1ccc(/C=C\CC(Cc2ccccc2)Cc2ccccc2)cc1. The molecule has 0 aliphatic heterocycles. The molecule has 0 radical (unpaired) electrons. The first-order chi connectivity index (χ1) is 12.3. The molecule has 0 spiro atoms. The fourth-order valence-corrected chi connectivity index (χ4v) is 3.21. The molecule has 0 saturated carbocycles. The largest absolute Gasteiger partial charge is 0.0836 e. The Labute approximate surface area is 151 Å². The highest BCUT2D eigenvalue weighted by atomic mass is 14.1. The van der Waals surface area contributed by atoms with Crippen LogP contribution in [0.5, 0.6) is 0 Å². The van der Waals surface area contributed by atoms with Gasteiger partial charge in [0.25, 0.3) is 0 Å². The van der Waals surface area contributed by atoms with Gasteiger partial charge in [-0.05, 0) is 48.8 Å². The summed E-state index contributed by atoms with van der Waals surface area (Å²) in [6, 6.07) is 30.4. The second-order valence-corrected chi connectivity index (χ2v) is 6.79. The summed E-state index contributed by atoms with van der Waals surface area (Å²) in [5, 5.41) is 0. The van der Waals surface area contributed by atoms with Crippen LogP contribution in [0.15, 0.2) is 91.0 Å². The van der Waals surface area contributed by atoms with Crippen LogP contribution in [0, 0.1) is 12.8 Å². The lowest BCUT2D eigenvalue weighted by Gasteiger charge is -2.15. The van der Waals surface area contributed by atoms with Crippen molar-refractivity contribution in [2.24, 2.45) is 5.92 Å². The average Bonchev–Trinajstić information content (AvgIpc) is 2.65. The van der Waals surface area contributed by atoms with Crippen molar-refractivity contribution < 1.29 is 0 Å². The van der Waals surface area contributed by atoms with E-state index in [-0.39, 0.29) is 0 Å². The van der Waals surface area contributed by atoms with Gasteiger partial charge in [0.05, 0.1) is 0 Å². The van der Waals surface area contributed by atoms with Gasteiger partial charge in [0.2, 0.25) is 0 Å². The maximum absolute atomic E-state index is 2.33. The fraction of sp³-hybridized carbons (Fsp3) is 0.200. The highest BCUT2D eigenvalue weighted by Crippen LogP contribution is 2.19. The molecule has 0 aliphatic rings. The molecule has 0 fully saturated rings. The molecule has 25 heavy (non-hydrogen) atoms. The molecule has 3 aromatic carbocycles. The van der Waals surface area contributed by atoms with Gasteiger partial charge in [-0.3, -0.25) is 0 Å². The van der Waals surface area contributed by atoms with Gasteiger partial charge in [-0.15, -0.1) is 0 Å². The standard InChI is InChI=1S/C25H26/c1-21-15-17-22(18-16-21)13-8-14-25(19-23-9-4-2-5-10-23)20-24-11-6-3-7-12-24/h2-13,15-18,25H,14,19-20H2,1H3/b13-8-. The van der Waals surface area contributed by atoms with Crippen molar-refractivity contribution >= 4 is 6.08 Å². The molecule has 0 unspecified atom stereocenters. The summed E-state index contributed by atoms with van der Waals surface area (Å²) < 4.78 is 0. The summed E-state index contributed by atoms with van der Waals surface area (Å²) in [5.74, 6) is 0.617. The fourth-order valence-electron chi connectivity index (χ4n) is 3.21. The highest BCUT2D eigenvalue weighted by Gasteiger charge is 2.09. The third-order valence-corrected chi connectivity index (χ3v) is 4.59. The first-order valence-corrected chi connectivity index (χ1v) is 9.10. The summed E-state index contributed by atoms with van der Waals surface area (Å²) >= 11 is 0. The lowest BCUT2D eigenvalue weighted by Crippen LogP contribution is -2.07. The third-order valence-electron chi connectivity index (χ3n) is 4.59. The van der Waals surface area contributed by atoms with E-state index in [0.717, 1.165) is 19.3 Å². The first-order valence-electron chi connectivity index (χ1n) is 9.10. The number of benzene rings is 3.